The minimum absolute atomic E-state index is 0.0329. The Balaban J connectivity index is 2.11. The minimum atomic E-state index is -3.68. The number of nitrogens with two attached hydrogens (primary N) is 1. The van der Waals surface area contributed by atoms with Crippen molar-refractivity contribution in [3.05, 3.63) is 29.8 Å². The Morgan fingerprint density at radius 2 is 2.05 bits per heavy atom. The van der Waals surface area contributed by atoms with E-state index in [9.17, 15) is 13.5 Å². The van der Waals surface area contributed by atoms with Crippen LogP contribution < -0.4 is 10.5 Å². The molecule has 1 aliphatic carbocycles. The Morgan fingerprint density at radius 3 is 2.70 bits per heavy atom. The third kappa shape index (κ3) is 3.79. The van der Waals surface area contributed by atoms with Crippen LogP contribution in [0.4, 0.5) is 0 Å². The Labute approximate surface area is 120 Å². The van der Waals surface area contributed by atoms with E-state index >= 15 is 0 Å². The highest BCUT2D eigenvalue weighted by Crippen LogP contribution is 2.23. The number of rotatable bonds is 4. The van der Waals surface area contributed by atoms with Crippen LogP contribution in [0.3, 0.4) is 0 Å². The molecule has 0 spiro atoms. The highest BCUT2D eigenvalue weighted by atomic mass is 32.2. The molecule has 1 aliphatic rings. The largest absolute Gasteiger partial charge is 0.392 e. The third-order valence-electron chi connectivity index (χ3n) is 3.88. The van der Waals surface area contributed by atoms with E-state index in [0.717, 1.165) is 31.2 Å². The first kappa shape index (κ1) is 15.4. The lowest BCUT2D eigenvalue weighted by molar-refractivity contribution is 0.0859. The van der Waals surface area contributed by atoms with Gasteiger partial charge >= 0.3 is 0 Å². The molecule has 5 nitrogen and oxygen atoms in total. The molecule has 1 saturated carbocycles. The summed E-state index contributed by atoms with van der Waals surface area (Å²) in [7, 11) is -3.68. The van der Waals surface area contributed by atoms with Crippen molar-refractivity contribution in [1.82, 2.24) is 5.32 Å². The maximum atomic E-state index is 11.4. The second kappa shape index (κ2) is 6.22. The summed E-state index contributed by atoms with van der Waals surface area (Å²) in [4.78, 5) is 0.118. The lowest BCUT2D eigenvalue weighted by atomic mass is 9.91. The van der Waals surface area contributed by atoms with Crippen LogP contribution in [0.25, 0.3) is 0 Å². The lowest BCUT2D eigenvalue weighted by Gasteiger charge is -2.31. The molecule has 112 valence electrons. The maximum Gasteiger partial charge on any atom is 0.238 e. The number of nitrogens with one attached hydrogen (secondary N) is 1. The summed E-state index contributed by atoms with van der Waals surface area (Å²) < 4.78 is 22.7. The molecule has 0 saturated heterocycles. The summed E-state index contributed by atoms with van der Waals surface area (Å²) in [5.41, 5.74) is 0.856. The van der Waals surface area contributed by atoms with Crippen molar-refractivity contribution < 1.29 is 13.5 Å². The monoisotopic (exact) mass is 298 g/mol. The van der Waals surface area contributed by atoms with Crippen molar-refractivity contribution >= 4 is 10.0 Å². The van der Waals surface area contributed by atoms with E-state index in [1.54, 1.807) is 12.1 Å². The SMILES string of the molecule is CC(NC1CCCCC1O)c1cccc(S(N)(=O)=O)c1. The average Bonchev–Trinajstić information content (AvgIpc) is 2.40. The fraction of sp³-hybridized carbons (Fsp3) is 0.571. The van der Waals surface area contributed by atoms with Crippen LogP contribution >= 0.6 is 0 Å². The molecule has 6 heteroatoms. The summed E-state index contributed by atoms with van der Waals surface area (Å²) in [6, 6.07) is 6.65. The predicted octanol–water partition coefficient (Wildman–Crippen LogP) is 1.29. The minimum Gasteiger partial charge on any atom is -0.392 e. The third-order valence-corrected chi connectivity index (χ3v) is 4.79. The summed E-state index contributed by atoms with van der Waals surface area (Å²) in [5.74, 6) is 0. The van der Waals surface area contributed by atoms with Crippen LogP contribution in [0, 0.1) is 0 Å². The van der Waals surface area contributed by atoms with E-state index in [1.165, 1.54) is 6.07 Å². The molecular weight excluding hydrogens is 276 g/mol. The van der Waals surface area contributed by atoms with Gasteiger partial charge in [0.05, 0.1) is 11.0 Å². The van der Waals surface area contributed by atoms with Crippen LogP contribution in [0.1, 0.15) is 44.2 Å². The van der Waals surface area contributed by atoms with Gasteiger partial charge in [-0.05, 0) is 37.5 Å². The van der Waals surface area contributed by atoms with Crippen LogP contribution in [-0.2, 0) is 10.0 Å². The summed E-state index contributed by atoms with van der Waals surface area (Å²) >= 11 is 0. The molecule has 0 radical (unpaired) electrons. The smallest absolute Gasteiger partial charge is 0.238 e. The lowest BCUT2D eigenvalue weighted by Crippen LogP contribution is -2.43. The van der Waals surface area contributed by atoms with E-state index in [2.05, 4.69) is 5.32 Å². The highest BCUT2D eigenvalue weighted by Gasteiger charge is 2.24. The van der Waals surface area contributed by atoms with Crippen LogP contribution in [0.5, 0.6) is 0 Å². The molecule has 1 aromatic rings. The molecule has 1 fully saturated rings. The molecule has 0 bridgehead atoms. The first-order chi connectivity index (χ1) is 9.38. The zero-order valence-electron chi connectivity index (χ0n) is 11.6. The van der Waals surface area contributed by atoms with Crippen LogP contribution in [-0.4, -0.2) is 25.7 Å². The first-order valence-corrected chi connectivity index (χ1v) is 8.49. The van der Waals surface area contributed by atoms with E-state index in [-0.39, 0.29) is 23.1 Å². The molecule has 0 heterocycles. The number of hydrogen-bond acceptors (Lipinski definition) is 4. The second-order valence-electron chi connectivity index (χ2n) is 5.46. The maximum absolute atomic E-state index is 11.4. The molecule has 4 N–H and O–H groups in total. The highest BCUT2D eigenvalue weighted by molar-refractivity contribution is 7.89. The van der Waals surface area contributed by atoms with Crippen molar-refractivity contribution in [2.24, 2.45) is 5.14 Å². The molecule has 1 aromatic carbocycles. The van der Waals surface area contributed by atoms with Gasteiger partial charge in [-0.15, -0.1) is 0 Å². The summed E-state index contributed by atoms with van der Waals surface area (Å²) in [5, 5.41) is 18.5. The predicted molar refractivity (Wildman–Crippen MR) is 77.6 cm³/mol. The second-order valence-corrected chi connectivity index (χ2v) is 7.03. The zero-order chi connectivity index (χ0) is 14.8. The van der Waals surface area contributed by atoms with Gasteiger partial charge in [-0.25, -0.2) is 13.6 Å². The standard InChI is InChI=1S/C14H22N2O3S/c1-10(16-13-7-2-3-8-14(13)17)11-5-4-6-12(9-11)20(15,18)19/h4-6,9-10,13-14,16-17H,2-3,7-8H2,1H3,(H2,15,18,19). The summed E-state index contributed by atoms with van der Waals surface area (Å²) in [6.45, 7) is 1.96. The Hall–Kier alpha value is -0.950. The van der Waals surface area contributed by atoms with E-state index in [4.69, 9.17) is 5.14 Å². The van der Waals surface area contributed by atoms with Crippen molar-refractivity contribution in [1.29, 1.82) is 0 Å². The molecule has 0 amide bonds. The van der Waals surface area contributed by atoms with Crippen molar-refractivity contribution in [2.75, 3.05) is 0 Å². The Morgan fingerprint density at radius 1 is 1.35 bits per heavy atom. The Bertz CT molecular complexity index is 559. The van der Waals surface area contributed by atoms with Gasteiger partial charge in [0, 0.05) is 12.1 Å². The van der Waals surface area contributed by atoms with Gasteiger partial charge in [0.2, 0.25) is 10.0 Å². The summed E-state index contributed by atoms with van der Waals surface area (Å²) in [6.07, 6.45) is 3.61. The van der Waals surface area contributed by atoms with E-state index < -0.39 is 10.0 Å². The fourth-order valence-electron chi connectivity index (χ4n) is 2.68. The number of aliphatic hydroxyl groups is 1. The van der Waals surface area contributed by atoms with Gasteiger partial charge in [-0.2, -0.15) is 0 Å². The number of primary sulfonamides is 1. The van der Waals surface area contributed by atoms with E-state index in [1.807, 2.05) is 13.0 Å². The molecule has 3 atom stereocenters. The van der Waals surface area contributed by atoms with Gasteiger partial charge in [0.1, 0.15) is 0 Å². The van der Waals surface area contributed by atoms with E-state index in [0.29, 0.717) is 0 Å². The molecule has 2 rings (SSSR count). The normalized spacial score (nSPS) is 25.4. The molecule has 0 aromatic heterocycles. The molecule has 0 aliphatic heterocycles. The van der Waals surface area contributed by atoms with Crippen molar-refractivity contribution in [3.63, 3.8) is 0 Å². The molecule has 3 unspecified atom stereocenters. The number of aliphatic hydroxyl groups excluding tert-OH is 1. The topological polar surface area (TPSA) is 92.4 Å². The van der Waals surface area contributed by atoms with Gasteiger partial charge in [-0.3, -0.25) is 0 Å². The zero-order valence-corrected chi connectivity index (χ0v) is 12.4. The van der Waals surface area contributed by atoms with Crippen molar-refractivity contribution in [2.45, 2.75) is 55.7 Å². The average molecular weight is 298 g/mol. The van der Waals surface area contributed by atoms with Gasteiger partial charge < -0.3 is 10.4 Å². The van der Waals surface area contributed by atoms with Crippen LogP contribution in [0.15, 0.2) is 29.2 Å². The van der Waals surface area contributed by atoms with Crippen LogP contribution in [0.2, 0.25) is 0 Å². The van der Waals surface area contributed by atoms with Gasteiger partial charge in [0.25, 0.3) is 0 Å². The molecular formula is C14H22N2O3S. The van der Waals surface area contributed by atoms with Gasteiger partial charge in [0.15, 0.2) is 0 Å². The van der Waals surface area contributed by atoms with Crippen molar-refractivity contribution in [3.8, 4) is 0 Å². The fourth-order valence-corrected chi connectivity index (χ4v) is 3.25. The first-order valence-electron chi connectivity index (χ1n) is 6.95. The number of hydrogen-bond donors (Lipinski definition) is 3. The number of sulfonamides is 1. The number of benzene rings is 1. The Kier molecular flexibility index (Phi) is 4.80. The van der Waals surface area contributed by atoms with Gasteiger partial charge in [-0.1, -0.05) is 25.0 Å². The molecule has 20 heavy (non-hydrogen) atoms. The quantitative estimate of drug-likeness (QED) is 0.781.